The average Bonchev–Trinajstić information content (AvgIpc) is 2.27. The first kappa shape index (κ1) is 12.8. The Morgan fingerprint density at radius 3 is 2.78 bits per heavy atom. The zero-order chi connectivity index (χ0) is 13.1. The van der Waals surface area contributed by atoms with Gasteiger partial charge in [-0.05, 0) is 40.5 Å². The summed E-state index contributed by atoms with van der Waals surface area (Å²) in [6.07, 6.45) is 0. The molecule has 0 bridgehead atoms. The Labute approximate surface area is 113 Å². The lowest BCUT2D eigenvalue weighted by atomic mass is 10.1. The smallest absolute Gasteiger partial charge is 0.226 e. The predicted molar refractivity (Wildman–Crippen MR) is 72.6 cm³/mol. The molecule has 0 fully saturated rings. The Bertz CT molecular complexity index is 541. The third-order valence-corrected chi connectivity index (χ3v) is 2.82. The maximum atomic E-state index is 13.1. The van der Waals surface area contributed by atoms with E-state index in [1.807, 2.05) is 13.0 Å². The number of hydrogen-bond donors (Lipinski definition) is 2. The summed E-state index contributed by atoms with van der Waals surface area (Å²) < 4.78 is 13.7. The molecule has 0 aliphatic heterocycles. The van der Waals surface area contributed by atoms with Gasteiger partial charge in [-0.3, -0.25) is 0 Å². The van der Waals surface area contributed by atoms with Crippen LogP contribution in [-0.4, -0.2) is 9.97 Å². The van der Waals surface area contributed by atoms with Gasteiger partial charge in [0.1, 0.15) is 16.2 Å². The molecule has 4 nitrogen and oxygen atoms in total. The quantitative estimate of drug-likeness (QED) is 0.855. The number of aromatic nitrogens is 2. The number of anilines is 2. The minimum Gasteiger partial charge on any atom is -0.383 e. The van der Waals surface area contributed by atoms with Crippen molar-refractivity contribution in [1.29, 1.82) is 0 Å². The van der Waals surface area contributed by atoms with E-state index in [-0.39, 0.29) is 11.9 Å². The van der Waals surface area contributed by atoms with Gasteiger partial charge < -0.3 is 11.1 Å². The minimum absolute atomic E-state index is 0.116. The molecule has 1 aromatic carbocycles. The Kier molecular flexibility index (Phi) is 3.76. The van der Waals surface area contributed by atoms with E-state index in [0.717, 1.165) is 5.56 Å². The van der Waals surface area contributed by atoms with Crippen molar-refractivity contribution in [2.45, 2.75) is 13.0 Å². The highest BCUT2D eigenvalue weighted by Crippen LogP contribution is 2.19. The summed E-state index contributed by atoms with van der Waals surface area (Å²) in [7, 11) is 0. The van der Waals surface area contributed by atoms with Gasteiger partial charge in [-0.25, -0.2) is 9.37 Å². The van der Waals surface area contributed by atoms with E-state index in [0.29, 0.717) is 16.4 Å². The number of nitrogens with two attached hydrogens (primary N) is 1. The van der Waals surface area contributed by atoms with Crippen molar-refractivity contribution in [1.82, 2.24) is 9.97 Å². The second-order valence-electron chi connectivity index (χ2n) is 3.86. The minimum atomic E-state index is -0.268. The summed E-state index contributed by atoms with van der Waals surface area (Å²) in [5.74, 6) is 0.500. The SMILES string of the molecule is CC(Nc1nc(N)cc(Br)n1)c1cccc(F)c1. The van der Waals surface area contributed by atoms with Crippen LogP contribution < -0.4 is 11.1 Å². The first-order chi connectivity index (χ1) is 8.54. The molecule has 1 aromatic heterocycles. The van der Waals surface area contributed by atoms with E-state index < -0.39 is 0 Å². The molecule has 0 saturated carbocycles. The summed E-state index contributed by atoms with van der Waals surface area (Å²) >= 11 is 3.24. The summed E-state index contributed by atoms with van der Waals surface area (Å²) in [6, 6.07) is 7.87. The Balaban J connectivity index is 2.18. The molecule has 0 aliphatic rings. The van der Waals surface area contributed by atoms with Gasteiger partial charge in [0.15, 0.2) is 0 Å². The van der Waals surface area contributed by atoms with Crippen LogP contribution in [0.2, 0.25) is 0 Å². The van der Waals surface area contributed by atoms with E-state index in [1.54, 1.807) is 12.1 Å². The van der Waals surface area contributed by atoms with Gasteiger partial charge in [-0.15, -0.1) is 0 Å². The lowest BCUT2D eigenvalue weighted by Crippen LogP contribution is -2.10. The highest BCUT2D eigenvalue weighted by atomic mass is 79.9. The number of nitrogens with one attached hydrogen (secondary N) is 1. The Morgan fingerprint density at radius 2 is 2.11 bits per heavy atom. The van der Waals surface area contributed by atoms with Crippen molar-refractivity contribution in [2.24, 2.45) is 0 Å². The van der Waals surface area contributed by atoms with Crippen molar-refractivity contribution in [3.8, 4) is 0 Å². The van der Waals surface area contributed by atoms with Crippen LogP contribution in [0.5, 0.6) is 0 Å². The van der Waals surface area contributed by atoms with Crippen LogP contribution in [0.25, 0.3) is 0 Å². The number of benzene rings is 1. The fourth-order valence-electron chi connectivity index (χ4n) is 1.55. The number of nitrogen functional groups attached to an aromatic ring is 1. The molecule has 94 valence electrons. The van der Waals surface area contributed by atoms with Crippen LogP contribution in [0.1, 0.15) is 18.5 Å². The Hall–Kier alpha value is -1.69. The first-order valence-corrected chi connectivity index (χ1v) is 6.16. The predicted octanol–water partition coefficient (Wildman–Crippen LogP) is 3.13. The first-order valence-electron chi connectivity index (χ1n) is 5.36. The molecular weight excluding hydrogens is 299 g/mol. The zero-order valence-electron chi connectivity index (χ0n) is 9.69. The van der Waals surface area contributed by atoms with Crippen LogP contribution in [0.3, 0.4) is 0 Å². The largest absolute Gasteiger partial charge is 0.383 e. The lowest BCUT2D eigenvalue weighted by Gasteiger charge is -2.14. The van der Waals surface area contributed by atoms with Gasteiger partial charge in [0.05, 0.1) is 6.04 Å². The summed E-state index contributed by atoms with van der Waals surface area (Å²) in [4.78, 5) is 8.20. The van der Waals surface area contributed by atoms with Crippen molar-refractivity contribution in [3.63, 3.8) is 0 Å². The molecule has 18 heavy (non-hydrogen) atoms. The molecule has 1 unspecified atom stereocenters. The second-order valence-corrected chi connectivity index (χ2v) is 4.67. The molecule has 6 heteroatoms. The van der Waals surface area contributed by atoms with Crippen molar-refractivity contribution in [2.75, 3.05) is 11.1 Å². The maximum absolute atomic E-state index is 13.1. The summed E-state index contributed by atoms with van der Waals surface area (Å²) in [5, 5.41) is 3.07. The van der Waals surface area contributed by atoms with Crippen LogP contribution >= 0.6 is 15.9 Å². The van der Waals surface area contributed by atoms with Crippen molar-refractivity contribution >= 4 is 27.7 Å². The van der Waals surface area contributed by atoms with Gasteiger partial charge in [0.2, 0.25) is 5.95 Å². The number of hydrogen-bond acceptors (Lipinski definition) is 4. The van der Waals surface area contributed by atoms with E-state index in [9.17, 15) is 4.39 Å². The number of rotatable bonds is 3. The molecule has 1 heterocycles. The Morgan fingerprint density at radius 1 is 1.33 bits per heavy atom. The van der Waals surface area contributed by atoms with Crippen molar-refractivity contribution in [3.05, 3.63) is 46.3 Å². The monoisotopic (exact) mass is 310 g/mol. The fraction of sp³-hybridized carbons (Fsp3) is 0.167. The molecule has 2 aromatic rings. The number of nitrogens with zero attached hydrogens (tertiary/aromatic N) is 2. The van der Waals surface area contributed by atoms with E-state index in [4.69, 9.17) is 5.73 Å². The van der Waals surface area contributed by atoms with E-state index in [2.05, 4.69) is 31.2 Å². The second kappa shape index (κ2) is 5.30. The van der Waals surface area contributed by atoms with Crippen LogP contribution in [0, 0.1) is 5.82 Å². The topological polar surface area (TPSA) is 63.8 Å². The van der Waals surface area contributed by atoms with Crippen LogP contribution in [0.4, 0.5) is 16.2 Å². The molecule has 0 radical (unpaired) electrons. The normalized spacial score (nSPS) is 12.2. The molecular formula is C12H12BrFN4. The highest BCUT2D eigenvalue weighted by molar-refractivity contribution is 9.10. The zero-order valence-corrected chi connectivity index (χ0v) is 11.3. The molecule has 0 saturated heterocycles. The number of halogens is 2. The summed E-state index contributed by atoms with van der Waals surface area (Å²) in [6.45, 7) is 1.90. The standard InChI is InChI=1S/C12H12BrFN4/c1-7(8-3-2-4-9(14)5-8)16-12-17-10(13)6-11(15)18-12/h2-7H,1H3,(H3,15,16,17,18). The van der Waals surface area contributed by atoms with Crippen LogP contribution in [0.15, 0.2) is 34.9 Å². The van der Waals surface area contributed by atoms with Crippen molar-refractivity contribution < 1.29 is 4.39 Å². The summed E-state index contributed by atoms with van der Waals surface area (Å²) in [5.41, 5.74) is 6.43. The van der Waals surface area contributed by atoms with Crippen LogP contribution in [-0.2, 0) is 0 Å². The fourth-order valence-corrected chi connectivity index (χ4v) is 1.95. The highest BCUT2D eigenvalue weighted by Gasteiger charge is 2.08. The third-order valence-electron chi connectivity index (χ3n) is 2.41. The van der Waals surface area contributed by atoms with Gasteiger partial charge in [-0.2, -0.15) is 4.98 Å². The average molecular weight is 311 g/mol. The molecule has 3 N–H and O–H groups in total. The third kappa shape index (κ3) is 3.16. The van der Waals surface area contributed by atoms with Gasteiger partial charge in [0, 0.05) is 6.07 Å². The molecule has 0 aliphatic carbocycles. The van der Waals surface area contributed by atoms with E-state index >= 15 is 0 Å². The van der Waals surface area contributed by atoms with Gasteiger partial charge in [-0.1, -0.05) is 12.1 Å². The van der Waals surface area contributed by atoms with Gasteiger partial charge in [0.25, 0.3) is 0 Å². The lowest BCUT2D eigenvalue weighted by molar-refractivity contribution is 0.623. The van der Waals surface area contributed by atoms with Gasteiger partial charge >= 0.3 is 0 Å². The molecule has 1 atom stereocenters. The maximum Gasteiger partial charge on any atom is 0.226 e. The van der Waals surface area contributed by atoms with E-state index in [1.165, 1.54) is 12.1 Å². The molecule has 0 spiro atoms. The molecule has 0 amide bonds. The molecule has 2 rings (SSSR count).